The van der Waals surface area contributed by atoms with Gasteiger partial charge in [0.15, 0.2) is 11.6 Å². The molecule has 0 amide bonds. The lowest BCUT2D eigenvalue weighted by molar-refractivity contribution is 0.0374. The SMILES string of the molecule is CC(C)(C)c1ccc(CN2CCC3(CCN(c4ccc(C(=O)O)cn4)CC3)Oc3c(F)cccc32)cc1. The molecular formula is C30H34FN3O3. The molecule has 2 aliphatic heterocycles. The number of pyridine rings is 1. The van der Waals surface area contributed by atoms with E-state index in [1.165, 1.54) is 23.4 Å². The fourth-order valence-corrected chi connectivity index (χ4v) is 5.26. The lowest BCUT2D eigenvalue weighted by Crippen LogP contribution is -2.49. The number of anilines is 2. The average Bonchev–Trinajstić information content (AvgIpc) is 3.02. The van der Waals surface area contributed by atoms with Crippen LogP contribution in [0.2, 0.25) is 0 Å². The largest absolute Gasteiger partial charge is 0.482 e. The van der Waals surface area contributed by atoms with Crippen molar-refractivity contribution in [2.75, 3.05) is 29.4 Å². The van der Waals surface area contributed by atoms with Gasteiger partial charge in [0.1, 0.15) is 11.4 Å². The number of para-hydroxylation sites is 1. The van der Waals surface area contributed by atoms with E-state index in [0.29, 0.717) is 25.4 Å². The molecule has 3 aromatic rings. The van der Waals surface area contributed by atoms with Crippen molar-refractivity contribution in [3.05, 3.63) is 83.3 Å². The van der Waals surface area contributed by atoms with Crippen LogP contribution in [0.15, 0.2) is 60.8 Å². The second-order valence-corrected chi connectivity index (χ2v) is 11.2. The van der Waals surface area contributed by atoms with Gasteiger partial charge in [-0.3, -0.25) is 0 Å². The van der Waals surface area contributed by atoms with Crippen molar-refractivity contribution in [3.63, 3.8) is 0 Å². The molecule has 0 bridgehead atoms. The standard InChI is InChI=1S/C30H34FN3O3/c1-29(2,3)23-10-7-21(8-11-23)20-34-18-15-30(37-27-24(31)5-4-6-25(27)34)13-16-33(17-14-30)26-12-9-22(19-32-26)28(35)36/h4-12,19H,13-18,20H2,1-3H3,(H,35,36). The molecule has 6 nitrogen and oxygen atoms in total. The molecule has 1 spiro atoms. The molecule has 0 radical (unpaired) electrons. The summed E-state index contributed by atoms with van der Waals surface area (Å²) in [6.07, 6.45) is 3.65. The van der Waals surface area contributed by atoms with Crippen LogP contribution in [0.25, 0.3) is 0 Å². The Morgan fingerprint density at radius 2 is 1.73 bits per heavy atom. The summed E-state index contributed by atoms with van der Waals surface area (Å²) in [6, 6.07) is 17.2. The molecule has 1 N–H and O–H groups in total. The Labute approximate surface area is 217 Å². The van der Waals surface area contributed by atoms with Crippen LogP contribution in [-0.2, 0) is 12.0 Å². The van der Waals surface area contributed by atoms with E-state index in [1.807, 2.05) is 6.07 Å². The molecule has 7 heteroatoms. The Bertz CT molecular complexity index is 1260. The van der Waals surface area contributed by atoms with Crippen LogP contribution >= 0.6 is 0 Å². The highest BCUT2D eigenvalue weighted by Gasteiger charge is 2.41. The monoisotopic (exact) mass is 503 g/mol. The number of benzene rings is 2. The number of aromatic carboxylic acids is 1. The first kappa shape index (κ1) is 25.1. The fourth-order valence-electron chi connectivity index (χ4n) is 5.26. The number of nitrogens with zero attached hydrogens (tertiary/aromatic N) is 3. The molecule has 2 aliphatic rings. The smallest absolute Gasteiger partial charge is 0.337 e. The molecule has 1 fully saturated rings. The van der Waals surface area contributed by atoms with Crippen molar-refractivity contribution in [1.82, 2.24) is 4.98 Å². The summed E-state index contributed by atoms with van der Waals surface area (Å²) < 4.78 is 21.7. The lowest BCUT2D eigenvalue weighted by Gasteiger charge is -2.41. The van der Waals surface area contributed by atoms with Crippen LogP contribution in [0, 0.1) is 5.82 Å². The van der Waals surface area contributed by atoms with E-state index in [9.17, 15) is 4.79 Å². The fraction of sp³-hybridized carbons (Fsp3) is 0.400. The van der Waals surface area contributed by atoms with Gasteiger partial charge in [0.05, 0.1) is 11.3 Å². The van der Waals surface area contributed by atoms with Crippen LogP contribution in [-0.4, -0.2) is 41.3 Å². The van der Waals surface area contributed by atoms with Crippen LogP contribution in [0.4, 0.5) is 15.9 Å². The molecule has 0 aliphatic carbocycles. The number of aromatic nitrogens is 1. The number of carboxylic acids is 1. The van der Waals surface area contributed by atoms with Gasteiger partial charge in [-0.15, -0.1) is 0 Å². The Kier molecular flexibility index (Phi) is 6.56. The maximum atomic E-state index is 15.1. The lowest BCUT2D eigenvalue weighted by atomic mass is 9.86. The number of rotatable bonds is 4. The number of piperidine rings is 1. The van der Waals surface area contributed by atoms with E-state index >= 15 is 4.39 Å². The number of hydrogen-bond donors (Lipinski definition) is 1. The van der Waals surface area contributed by atoms with Crippen molar-refractivity contribution in [3.8, 4) is 5.75 Å². The second-order valence-electron chi connectivity index (χ2n) is 11.2. The normalized spacial score (nSPS) is 17.2. The molecule has 3 heterocycles. The van der Waals surface area contributed by atoms with Crippen LogP contribution < -0.4 is 14.5 Å². The maximum absolute atomic E-state index is 15.1. The third kappa shape index (κ3) is 5.26. The predicted molar refractivity (Wildman–Crippen MR) is 143 cm³/mol. The second kappa shape index (κ2) is 9.69. The van der Waals surface area contributed by atoms with Gasteiger partial charge in [-0.05, 0) is 40.8 Å². The Morgan fingerprint density at radius 3 is 2.35 bits per heavy atom. The summed E-state index contributed by atoms with van der Waals surface area (Å²) in [4.78, 5) is 19.9. The third-order valence-electron chi connectivity index (χ3n) is 7.63. The Morgan fingerprint density at radius 1 is 1.03 bits per heavy atom. The average molecular weight is 504 g/mol. The molecule has 0 unspecified atom stereocenters. The van der Waals surface area contributed by atoms with Crippen molar-refractivity contribution in [1.29, 1.82) is 0 Å². The summed E-state index contributed by atoms with van der Waals surface area (Å²) in [5.74, 6) is -0.233. The Hall–Kier alpha value is -3.61. The first-order chi connectivity index (χ1) is 17.6. The third-order valence-corrected chi connectivity index (χ3v) is 7.63. The van der Waals surface area contributed by atoms with Gasteiger partial charge in [0.25, 0.3) is 0 Å². The molecule has 194 valence electrons. The summed E-state index contributed by atoms with van der Waals surface area (Å²) in [6.45, 7) is 9.49. The molecule has 37 heavy (non-hydrogen) atoms. The van der Waals surface area contributed by atoms with E-state index in [2.05, 4.69) is 59.8 Å². The van der Waals surface area contributed by atoms with Gasteiger partial charge in [0, 0.05) is 51.6 Å². The molecule has 0 atom stereocenters. The minimum Gasteiger partial charge on any atom is -0.482 e. The van der Waals surface area contributed by atoms with Crippen LogP contribution in [0.1, 0.15) is 61.5 Å². The molecule has 1 saturated heterocycles. The van der Waals surface area contributed by atoms with Gasteiger partial charge in [-0.1, -0.05) is 51.1 Å². The van der Waals surface area contributed by atoms with E-state index < -0.39 is 11.6 Å². The van der Waals surface area contributed by atoms with E-state index in [0.717, 1.165) is 37.3 Å². The van der Waals surface area contributed by atoms with Gasteiger partial charge >= 0.3 is 5.97 Å². The highest BCUT2D eigenvalue weighted by molar-refractivity contribution is 5.87. The number of ether oxygens (including phenoxy) is 1. The van der Waals surface area contributed by atoms with Gasteiger partial charge in [0.2, 0.25) is 0 Å². The number of fused-ring (bicyclic) bond motifs is 1. The first-order valence-corrected chi connectivity index (χ1v) is 12.9. The molecule has 0 saturated carbocycles. The minimum absolute atomic E-state index is 0.0970. The van der Waals surface area contributed by atoms with Crippen molar-refractivity contribution >= 4 is 17.5 Å². The molecule has 5 rings (SSSR count). The summed E-state index contributed by atoms with van der Waals surface area (Å²) in [7, 11) is 0. The molecule has 2 aromatic carbocycles. The quantitative estimate of drug-likeness (QED) is 0.468. The molecular weight excluding hydrogens is 469 g/mol. The summed E-state index contributed by atoms with van der Waals surface area (Å²) in [5, 5.41) is 9.14. The van der Waals surface area contributed by atoms with E-state index in [1.54, 1.807) is 18.2 Å². The van der Waals surface area contributed by atoms with Crippen LogP contribution in [0.5, 0.6) is 5.75 Å². The van der Waals surface area contributed by atoms with Crippen molar-refractivity contribution in [2.24, 2.45) is 0 Å². The topological polar surface area (TPSA) is 65.9 Å². The zero-order valence-corrected chi connectivity index (χ0v) is 21.7. The van der Waals surface area contributed by atoms with Crippen molar-refractivity contribution in [2.45, 2.75) is 57.6 Å². The zero-order valence-electron chi connectivity index (χ0n) is 21.7. The minimum atomic E-state index is -0.987. The highest BCUT2D eigenvalue weighted by Crippen LogP contribution is 2.42. The molecule has 1 aromatic heterocycles. The number of halogens is 1. The zero-order chi connectivity index (χ0) is 26.2. The highest BCUT2D eigenvalue weighted by atomic mass is 19.1. The van der Waals surface area contributed by atoms with Crippen molar-refractivity contribution < 1.29 is 19.0 Å². The summed E-state index contributed by atoms with van der Waals surface area (Å²) >= 11 is 0. The van der Waals surface area contributed by atoms with Gasteiger partial charge < -0.3 is 19.6 Å². The van der Waals surface area contributed by atoms with E-state index in [4.69, 9.17) is 9.84 Å². The predicted octanol–water partition coefficient (Wildman–Crippen LogP) is 6.04. The Balaban J connectivity index is 1.33. The number of carboxylic acid groups (broad SMARTS) is 1. The maximum Gasteiger partial charge on any atom is 0.337 e. The number of carbonyl (C=O) groups is 1. The van der Waals surface area contributed by atoms with Gasteiger partial charge in [-0.2, -0.15) is 0 Å². The first-order valence-electron chi connectivity index (χ1n) is 12.9. The van der Waals surface area contributed by atoms with E-state index in [-0.39, 0.29) is 16.8 Å². The van der Waals surface area contributed by atoms with Gasteiger partial charge in [-0.25, -0.2) is 14.2 Å². The number of hydrogen-bond acceptors (Lipinski definition) is 5. The summed E-state index contributed by atoms with van der Waals surface area (Å²) in [5.41, 5.74) is 3.08. The van der Waals surface area contributed by atoms with Crippen LogP contribution in [0.3, 0.4) is 0 Å².